The molecule has 0 atom stereocenters. The standard InChI is InChI=1S/C20H22FNO4/c1-3-4-11-22-19(23)15-7-5-14(6-8-15)13-26-18-10-9-16(12-17(18)21)20(24)25-2/h5-10,12H,3-4,11,13H2,1-2H3,(H,22,23). The van der Waals surface area contributed by atoms with Gasteiger partial charge in [0.05, 0.1) is 12.7 Å². The zero-order valence-electron chi connectivity index (χ0n) is 14.9. The molecule has 0 saturated heterocycles. The molecule has 2 aromatic carbocycles. The number of hydrogen-bond donors (Lipinski definition) is 1. The average molecular weight is 359 g/mol. The quantitative estimate of drug-likeness (QED) is 0.576. The monoisotopic (exact) mass is 359 g/mol. The Morgan fingerprint density at radius 1 is 1.08 bits per heavy atom. The van der Waals surface area contributed by atoms with Crippen molar-refractivity contribution in [2.75, 3.05) is 13.7 Å². The lowest BCUT2D eigenvalue weighted by molar-refractivity contribution is 0.0600. The van der Waals surface area contributed by atoms with Gasteiger partial charge in [0.1, 0.15) is 6.61 Å². The van der Waals surface area contributed by atoms with Crippen LogP contribution in [-0.4, -0.2) is 25.5 Å². The zero-order valence-corrected chi connectivity index (χ0v) is 14.9. The van der Waals surface area contributed by atoms with Crippen LogP contribution in [0.2, 0.25) is 0 Å². The summed E-state index contributed by atoms with van der Waals surface area (Å²) < 4.78 is 24.0. The van der Waals surface area contributed by atoms with Crippen LogP contribution in [0.25, 0.3) is 0 Å². The van der Waals surface area contributed by atoms with Crippen LogP contribution in [-0.2, 0) is 11.3 Å². The van der Waals surface area contributed by atoms with Crippen molar-refractivity contribution in [1.82, 2.24) is 5.32 Å². The lowest BCUT2D eigenvalue weighted by Gasteiger charge is -2.09. The highest BCUT2D eigenvalue weighted by molar-refractivity contribution is 5.94. The maximum absolute atomic E-state index is 14.0. The molecule has 0 aromatic heterocycles. The molecule has 0 fully saturated rings. The molecular formula is C20H22FNO4. The minimum atomic E-state index is -0.639. The first-order chi connectivity index (χ1) is 12.5. The Hall–Kier alpha value is -2.89. The minimum absolute atomic E-state index is 0.0408. The Morgan fingerprint density at radius 3 is 2.38 bits per heavy atom. The zero-order chi connectivity index (χ0) is 18.9. The van der Waals surface area contributed by atoms with Crippen LogP contribution in [0.4, 0.5) is 4.39 Å². The van der Waals surface area contributed by atoms with Crippen LogP contribution in [0, 0.1) is 5.82 Å². The summed E-state index contributed by atoms with van der Waals surface area (Å²) in [6.07, 6.45) is 1.96. The Morgan fingerprint density at radius 2 is 1.77 bits per heavy atom. The smallest absolute Gasteiger partial charge is 0.337 e. The van der Waals surface area contributed by atoms with Crippen molar-refractivity contribution in [1.29, 1.82) is 0 Å². The van der Waals surface area contributed by atoms with Crippen molar-refractivity contribution in [2.24, 2.45) is 0 Å². The van der Waals surface area contributed by atoms with E-state index in [-0.39, 0.29) is 23.8 Å². The molecule has 2 rings (SSSR count). The van der Waals surface area contributed by atoms with E-state index >= 15 is 0 Å². The van der Waals surface area contributed by atoms with E-state index in [1.165, 1.54) is 19.2 Å². The summed E-state index contributed by atoms with van der Waals surface area (Å²) in [4.78, 5) is 23.3. The highest BCUT2D eigenvalue weighted by Gasteiger charge is 2.11. The number of carbonyl (C=O) groups is 2. The molecule has 0 heterocycles. The molecule has 1 N–H and O–H groups in total. The number of ether oxygens (including phenoxy) is 2. The fraction of sp³-hybridized carbons (Fsp3) is 0.300. The van der Waals surface area contributed by atoms with Gasteiger partial charge >= 0.3 is 5.97 Å². The van der Waals surface area contributed by atoms with Gasteiger partial charge in [-0.25, -0.2) is 9.18 Å². The van der Waals surface area contributed by atoms with Gasteiger partial charge in [0.15, 0.2) is 11.6 Å². The molecule has 5 nitrogen and oxygen atoms in total. The summed E-state index contributed by atoms with van der Waals surface area (Å²) in [6, 6.07) is 10.8. The SMILES string of the molecule is CCCCNC(=O)c1ccc(COc2ccc(C(=O)OC)cc2F)cc1. The largest absolute Gasteiger partial charge is 0.486 e. The topological polar surface area (TPSA) is 64.6 Å². The second kappa shape index (κ2) is 9.56. The van der Waals surface area contributed by atoms with Gasteiger partial charge in [-0.05, 0) is 42.3 Å². The third kappa shape index (κ3) is 5.31. The number of halogens is 1. The molecule has 0 bridgehead atoms. The third-order valence-electron chi connectivity index (χ3n) is 3.78. The Kier molecular flexibility index (Phi) is 7.14. The fourth-order valence-corrected chi connectivity index (χ4v) is 2.26. The predicted octanol–water partition coefficient (Wildman–Crippen LogP) is 3.72. The Labute approximate surface area is 152 Å². The molecule has 6 heteroatoms. The summed E-state index contributed by atoms with van der Waals surface area (Å²) in [5, 5.41) is 2.85. The normalized spacial score (nSPS) is 10.3. The van der Waals surface area contributed by atoms with Crippen LogP contribution >= 0.6 is 0 Å². The van der Waals surface area contributed by atoms with E-state index in [0.717, 1.165) is 24.5 Å². The summed E-state index contributed by atoms with van der Waals surface area (Å²) in [5.41, 5.74) is 1.49. The number of carbonyl (C=O) groups excluding carboxylic acids is 2. The van der Waals surface area contributed by atoms with Gasteiger partial charge < -0.3 is 14.8 Å². The molecule has 0 aliphatic carbocycles. The maximum Gasteiger partial charge on any atom is 0.337 e. The molecular weight excluding hydrogens is 337 g/mol. The lowest BCUT2D eigenvalue weighted by Crippen LogP contribution is -2.24. The second-order valence-corrected chi connectivity index (χ2v) is 5.73. The third-order valence-corrected chi connectivity index (χ3v) is 3.78. The number of benzene rings is 2. The number of nitrogens with one attached hydrogen (secondary N) is 1. The molecule has 1 amide bonds. The highest BCUT2D eigenvalue weighted by Crippen LogP contribution is 2.20. The van der Waals surface area contributed by atoms with E-state index in [1.54, 1.807) is 24.3 Å². The van der Waals surface area contributed by atoms with E-state index in [1.807, 2.05) is 0 Å². The Balaban J connectivity index is 1.93. The van der Waals surface area contributed by atoms with Crippen molar-refractivity contribution in [3.05, 3.63) is 65.0 Å². The van der Waals surface area contributed by atoms with Crippen molar-refractivity contribution < 1.29 is 23.5 Å². The van der Waals surface area contributed by atoms with Gasteiger partial charge in [0.25, 0.3) is 5.91 Å². The molecule has 0 saturated carbocycles. The molecule has 0 unspecified atom stereocenters. The number of methoxy groups -OCH3 is 1. The molecule has 0 aliphatic rings. The summed E-state index contributed by atoms with van der Waals surface area (Å²) in [6.45, 7) is 2.86. The average Bonchev–Trinajstić information content (AvgIpc) is 2.66. The maximum atomic E-state index is 14.0. The minimum Gasteiger partial charge on any atom is -0.486 e. The van der Waals surface area contributed by atoms with E-state index < -0.39 is 11.8 Å². The second-order valence-electron chi connectivity index (χ2n) is 5.73. The number of rotatable bonds is 8. The van der Waals surface area contributed by atoms with Crippen LogP contribution in [0.3, 0.4) is 0 Å². The fourth-order valence-electron chi connectivity index (χ4n) is 2.26. The first kappa shape index (κ1) is 19.4. The summed E-state index contributed by atoms with van der Waals surface area (Å²) in [7, 11) is 1.23. The highest BCUT2D eigenvalue weighted by atomic mass is 19.1. The van der Waals surface area contributed by atoms with Gasteiger partial charge in [-0.15, -0.1) is 0 Å². The van der Waals surface area contributed by atoms with Crippen molar-refractivity contribution >= 4 is 11.9 Å². The Bertz CT molecular complexity index is 759. The number of esters is 1. The molecule has 0 spiro atoms. The molecule has 0 aliphatic heterocycles. The number of unbranched alkanes of at least 4 members (excludes halogenated alkanes) is 1. The number of hydrogen-bond acceptors (Lipinski definition) is 4. The van der Waals surface area contributed by atoms with Gasteiger partial charge in [-0.2, -0.15) is 0 Å². The van der Waals surface area contributed by atoms with E-state index in [0.29, 0.717) is 12.1 Å². The van der Waals surface area contributed by atoms with E-state index in [9.17, 15) is 14.0 Å². The van der Waals surface area contributed by atoms with Crippen LogP contribution in [0.15, 0.2) is 42.5 Å². The van der Waals surface area contributed by atoms with Crippen molar-refractivity contribution in [3.63, 3.8) is 0 Å². The van der Waals surface area contributed by atoms with E-state index in [4.69, 9.17) is 4.74 Å². The molecule has 0 radical (unpaired) electrons. The van der Waals surface area contributed by atoms with Crippen LogP contribution in [0.1, 0.15) is 46.0 Å². The molecule has 2 aromatic rings. The van der Waals surface area contributed by atoms with Gasteiger partial charge in [0, 0.05) is 12.1 Å². The van der Waals surface area contributed by atoms with Gasteiger partial charge in [0.2, 0.25) is 0 Å². The van der Waals surface area contributed by atoms with Crippen molar-refractivity contribution in [3.8, 4) is 5.75 Å². The lowest BCUT2D eigenvalue weighted by atomic mass is 10.1. The van der Waals surface area contributed by atoms with Crippen LogP contribution < -0.4 is 10.1 Å². The first-order valence-corrected chi connectivity index (χ1v) is 8.43. The van der Waals surface area contributed by atoms with E-state index in [2.05, 4.69) is 17.0 Å². The predicted molar refractivity (Wildman–Crippen MR) is 95.8 cm³/mol. The first-order valence-electron chi connectivity index (χ1n) is 8.43. The number of amides is 1. The van der Waals surface area contributed by atoms with Gasteiger partial charge in [-0.1, -0.05) is 25.5 Å². The summed E-state index contributed by atoms with van der Waals surface area (Å²) >= 11 is 0. The molecule has 138 valence electrons. The van der Waals surface area contributed by atoms with Crippen molar-refractivity contribution in [2.45, 2.75) is 26.4 Å². The van der Waals surface area contributed by atoms with Crippen LogP contribution in [0.5, 0.6) is 5.75 Å². The molecule has 26 heavy (non-hydrogen) atoms. The summed E-state index contributed by atoms with van der Waals surface area (Å²) in [5.74, 6) is -1.32. The van der Waals surface area contributed by atoms with Gasteiger partial charge in [-0.3, -0.25) is 4.79 Å².